The van der Waals surface area contributed by atoms with Crippen molar-refractivity contribution < 1.29 is 14.3 Å². The number of hydrogen-bond donors (Lipinski definition) is 0. The van der Waals surface area contributed by atoms with Crippen molar-refractivity contribution in [1.82, 2.24) is 4.90 Å². The van der Waals surface area contributed by atoms with E-state index in [0.29, 0.717) is 0 Å². The van der Waals surface area contributed by atoms with E-state index in [1.807, 2.05) is 25.1 Å². The predicted octanol–water partition coefficient (Wildman–Crippen LogP) is 3.86. The van der Waals surface area contributed by atoms with Crippen molar-refractivity contribution in [3.63, 3.8) is 0 Å². The van der Waals surface area contributed by atoms with E-state index in [-0.39, 0.29) is 0 Å². The van der Waals surface area contributed by atoms with E-state index in [1.54, 1.807) is 27.8 Å². The van der Waals surface area contributed by atoms with Crippen LogP contribution in [0.4, 0.5) is 4.79 Å². The molecule has 0 heterocycles. The lowest BCUT2D eigenvalue weighted by molar-refractivity contribution is -0.112. The van der Waals surface area contributed by atoms with Crippen LogP contribution in [0.3, 0.4) is 0 Å². The Morgan fingerprint density at radius 3 is 2.40 bits per heavy atom. The van der Waals surface area contributed by atoms with Crippen molar-refractivity contribution in [2.45, 2.75) is 39.3 Å². The summed E-state index contributed by atoms with van der Waals surface area (Å²) >= 11 is 3.39. The number of carbonyl (C=O) groups excluding carboxylic acids is 2. The predicted molar refractivity (Wildman–Crippen MR) is 81.7 cm³/mol. The Hall–Kier alpha value is -1.36. The molecule has 1 aromatic rings. The molecular weight excluding hydrogens is 322 g/mol. The summed E-state index contributed by atoms with van der Waals surface area (Å²) in [5.74, 6) is 0. The monoisotopic (exact) mass is 341 g/mol. The van der Waals surface area contributed by atoms with Gasteiger partial charge < -0.3 is 9.53 Å². The van der Waals surface area contributed by atoms with Crippen LogP contribution in [0, 0.1) is 6.92 Å². The van der Waals surface area contributed by atoms with E-state index >= 15 is 0 Å². The lowest BCUT2D eigenvalue weighted by Gasteiger charge is -2.28. The largest absolute Gasteiger partial charge is 0.444 e. The van der Waals surface area contributed by atoms with Crippen molar-refractivity contribution in [1.29, 1.82) is 0 Å². The number of likely N-dealkylation sites (N-methyl/N-ethyl adjacent to an activating group) is 1. The zero-order chi connectivity index (χ0) is 15.5. The normalized spacial score (nSPS) is 12.7. The molecule has 1 aromatic carbocycles. The van der Waals surface area contributed by atoms with Crippen LogP contribution in [0.5, 0.6) is 0 Å². The number of hydrogen-bond acceptors (Lipinski definition) is 3. The van der Waals surface area contributed by atoms with Crippen LogP contribution in [0.25, 0.3) is 0 Å². The Labute approximate surface area is 128 Å². The second kappa shape index (κ2) is 6.39. The van der Waals surface area contributed by atoms with Gasteiger partial charge in [-0.1, -0.05) is 22.0 Å². The van der Waals surface area contributed by atoms with Gasteiger partial charge in [0, 0.05) is 11.5 Å². The number of ether oxygens (including phenoxy) is 1. The number of rotatable bonds is 3. The van der Waals surface area contributed by atoms with Crippen molar-refractivity contribution in [2.24, 2.45) is 0 Å². The third-order valence-corrected chi connectivity index (χ3v) is 3.09. The average molecular weight is 342 g/mol. The lowest BCUT2D eigenvalue weighted by Crippen LogP contribution is -2.37. The molecule has 0 spiro atoms. The highest BCUT2D eigenvalue weighted by Gasteiger charge is 2.26. The molecule has 1 unspecified atom stereocenters. The molecule has 0 aliphatic carbocycles. The van der Waals surface area contributed by atoms with Gasteiger partial charge in [0.15, 0.2) is 0 Å². The van der Waals surface area contributed by atoms with Crippen LogP contribution < -0.4 is 0 Å². The molecule has 0 aliphatic heterocycles. The average Bonchev–Trinajstić information content (AvgIpc) is 2.26. The molecule has 0 radical (unpaired) electrons. The fourth-order valence-corrected chi connectivity index (χ4v) is 2.40. The highest BCUT2D eigenvalue weighted by atomic mass is 79.9. The van der Waals surface area contributed by atoms with E-state index in [2.05, 4.69) is 15.9 Å². The Balaban J connectivity index is 3.00. The number of nitrogens with zero attached hydrogens (tertiary/aromatic N) is 1. The van der Waals surface area contributed by atoms with Gasteiger partial charge in [0.05, 0.1) is 0 Å². The van der Waals surface area contributed by atoms with Crippen LogP contribution in [-0.4, -0.2) is 29.9 Å². The van der Waals surface area contributed by atoms with Crippen molar-refractivity contribution in [3.8, 4) is 0 Å². The molecule has 110 valence electrons. The molecule has 0 bridgehead atoms. The van der Waals surface area contributed by atoms with Gasteiger partial charge in [-0.2, -0.15) is 0 Å². The standard InChI is InChI=1S/C15H20BrNO3/c1-10-6-11(8-12(16)7-10)13(9-18)17(5)14(19)20-15(2,3)4/h6-9,13H,1-5H3. The maximum atomic E-state index is 12.0. The summed E-state index contributed by atoms with van der Waals surface area (Å²) in [6.45, 7) is 7.30. The zero-order valence-corrected chi connectivity index (χ0v) is 14.0. The van der Waals surface area contributed by atoms with Gasteiger partial charge in [-0.15, -0.1) is 0 Å². The van der Waals surface area contributed by atoms with Crippen LogP contribution in [-0.2, 0) is 9.53 Å². The molecular formula is C15H20BrNO3. The Morgan fingerprint density at radius 1 is 1.35 bits per heavy atom. The van der Waals surface area contributed by atoms with E-state index in [9.17, 15) is 9.59 Å². The second-order valence-corrected chi connectivity index (χ2v) is 6.65. The molecule has 1 amide bonds. The molecule has 0 saturated heterocycles. The molecule has 0 N–H and O–H groups in total. The highest BCUT2D eigenvalue weighted by molar-refractivity contribution is 9.10. The van der Waals surface area contributed by atoms with Gasteiger partial charge in [-0.05, 0) is 51.0 Å². The highest BCUT2D eigenvalue weighted by Crippen LogP contribution is 2.24. The molecule has 4 nitrogen and oxygen atoms in total. The smallest absolute Gasteiger partial charge is 0.410 e. The van der Waals surface area contributed by atoms with Gasteiger partial charge in [0.2, 0.25) is 0 Å². The number of carbonyl (C=O) groups is 2. The van der Waals surface area contributed by atoms with E-state index < -0.39 is 17.7 Å². The number of halogens is 1. The third kappa shape index (κ3) is 4.63. The van der Waals surface area contributed by atoms with Crippen LogP contribution >= 0.6 is 15.9 Å². The second-order valence-electron chi connectivity index (χ2n) is 5.73. The fraction of sp³-hybridized carbons (Fsp3) is 0.467. The zero-order valence-electron chi connectivity index (χ0n) is 12.4. The van der Waals surface area contributed by atoms with Gasteiger partial charge >= 0.3 is 6.09 Å². The quantitative estimate of drug-likeness (QED) is 0.784. The topological polar surface area (TPSA) is 46.6 Å². The van der Waals surface area contributed by atoms with Crippen LogP contribution in [0.2, 0.25) is 0 Å². The van der Waals surface area contributed by atoms with Crippen molar-refractivity contribution >= 4 is 28.3 Å². The number of aryl methyl sites for hydroxylation is 1. The molecule has 1 rings (SSSR count). The van der Waals surface area contributed by atoms with E-state index in [1.165, 1.54) is 4.90 Å². The lowest BCUT2D eigenvalue weighted by atomic mass is 10.0. The summed E-state index contributed by atoms with van der Waals surface area (Å²) in [6, 6.07) is 4.98. The maximum Gasteiger partial charge on any atom is 0.410 e. The Kier molecular flexibility index (Phi) is 5.34. The Morgan fingerprint density at radius 2 is 1.95 bits per heavy atom. The van der Waals surface area contributed by atoms with Crippen molar-refractivity contribution in [2.75, 3.05) is 7.05 Å². The first-order valence-corrected chi connectivity index (χ1v) is 7.11. The number of aldehydes is 1. The summed E-state index contributed by atoms with van der Waals surface area (Å²) in [7, 11) is 1.56. The summed E-state index contributed by atoms with van der Waals surface area (Å²) in [4.78, 5) is 24.7. The Bertz CT molecular complexity index is 488. The SMILES string of the molecule is Cc1cc(Br)cc(C(C=O)N(C)C(=O)OC(C)(C)C)c1. The fourth-order valence-electron chi connectivity index (χ4n) is 1.78. The van der Waals surface area contributed by atoms with E-state index in [4.69, 9.17) is 4.74 Å². The van der Waals surface area contributed by atoms with Crippen LogP contribution in [0.15, 0.2) is 22.7 Å². The minimum Gasteiger partial charge on any atom is -0.444 e. The van der Waals surface area contributed by atoms with Gasteiger partial charge in [-0.3, -0.25) is 4.90 Å². The van der Waals surface area contributed by atoms with Gasteiger partial charge in [0.25, 0.3) is 0 Å². The summed E-state index contributed by atoms with van der Waals surface area (Å²) in [5, 5.41) is 0. The molecule has 1 atom stereocenters. The molecule has 5 heteroatoms. The summed E-state index contributed by atoms with van der Waals surface area (Å²) in [6.07, 6.45) is 0.220. The third-order valence-electron chi connectivity index (χ3n) is 2.63. The first-order chi connectivity index (χ1) is 9.14. The first-order valence-electron chi connectivity index (χ1n) is 6.32. The first kappa shape index (κ1) is 16.7. The van der Waals surface area contributed by atoms with E-state index in [0.717, 1.165) is 21.9 Å². The molecule has 20 heavy (non-hydrogen) atoms. The molecule has 0 saturated carbocycles. The molecule has 0 aliphatic rings. The number of amides is 1. The van der Waals surface area contributed by atoms with Gasteiger partial charge in [0.1, 0.15) is 17.9 Å². The maximum absolute atomic E-state index is 12.0. The van der Waals surface area contributed by atoms with Gasteiger partial charge in [-0.25, -0.2) is 4.79 Å². The molecule has 0 aromatic heterocycles. The minimum atomic E-state index is -0.666. The summed E-state index contributed by atoms with van der Waals surface area (Å²) < 4.78 is 6.15. The summed E-state index contributed by atoms with van der Waals surface area (Å²) in [5.41, 5.74) is 1.17. The van der Waals surface area contributed by atoms with Crippen LogP contribution in [0.1, 0.15) is 37.9 Å². The minimum absolute atomic E-state index is 0.521. The molecule has 0 fully saturated rings. The number of benzene rings is 1. The van der Waals surface area contributed by atoms with Crippen molar-refractivity contribution in [3.05, 3.63) is 33.8 Å².